The van der Waals surface area contributed by atoms with Crippen molar-refractivity contribution in [3.63, 3.8) is 0 Å². The van der Waals surface area contributed by atoms with Gasteiger partial charge >= 0.3 is 5.66 Å². The minimum absolute atomic E-state index is 0.197. The number of nitro groups is 1. The van der Waals surface area contributed by atoms with E-state index in [1.807, 2.05) is 115 Å². The highest BCUT2D eigenvalue weighted by atomic mass is 16.6. The Bertz CT molecular complexity index is 1050. The summed E-state index contributed by atoms with van der Waals surface area (Å²) in [6, 6.07) is 29.0. The van der Waals surface area contributed by atoms with E-state index < -0.39 is 5.66 Å². The van der Waals surface area contributed by atoms with Crippen molar-refractivity contribution in [1.82, 2.24) is 0 Å². The molecule has 1 aliphatic rings. The summed E-state index contributed by atoms with van der Waals surface area (Å²) in [6.45, 7) is 0. The van der Waals surface area contributed by atoms with Crippen molar-refractivity contribution in [2.24, 2.45) is 0 Å². The van der Waals surface area contributed by atoms with E-state index in [0.29, 0.717) is 0 Å². The van der Waals surface area contributed by atoms with E-state index in [0.717, 1.165) is 22.5 Å². The maximum atomic E-state index is 12.4. The molecule has 3 aromatic rings. The monoisotopic (exact) mass is 394 g/mol. The molecule has 0 spiro atoms. The number of hydrogen-bond donors (Lipinski definition) is 0. The zero-order valence-corrected chi connectivity index (χ0v) is 16.5. The van der Waals surface area contributed by atoms with Gasteiger partial charge in [-0.15, -0.1) is 0 Å². The summed E-state index contributed by atoms with van der Waals surface area (Å²) in [5, 5.41) is 12.4. The summed E-state index contributed by atoms with van der Waals surface area (Å²) in [4.78, 5) is 14.0. The van der Waals surface area contributed by atoms with Gasteiger partial charge in [0.15, 0.2) is 0 Å². The maximum Gasteiger partial charge on any atom is 0.323 e. The number of para-hydroxylation sites is 2. The summed E-state index contributed by atoms with van der Waals surface area (Å²) < 4.78 is 0. The van der Waals surface area contributed by atoms with Crippen LogP contribution in [0.2, 0.25) is 0 Å². The molecule has 0 aromatic heterocycles. The molecule has 4 heteroatoms. The fourth-order valence-corrected chi connectivity index (χ4v) is 3.65. The minimum Gasteiger partial charge on any atom is -0.273 e. The zero-order chi connectivity index (χ0) is 20.8. The maximum absolute atomic E-state index is 12.4. The number of allylic oxidation sites excluding steroid dienone is 3. The molecule has 0 N–H and O–H groups in total. The fraction of sp³-hybridized carbons (Fsp3) is 0.0769. The van der Waals surface area contributed by atoms with E-state index in [4.69, 9.17) is 0 Å². The second kappa shape index (κ2) is 8.62. The average molecular weight is 394 g/mol. The number of anilines is 2. The molecule has 4 rings (SSSR count). The Morgan fingerprint density at radius 3 is 1.80 bits per heavy atom. The van der Waals surface area contributed by atoms with E-state index >= 15 is 0 Å². The van der Waals surface area contributed by atoms with Gasteiger partial charge in [-0.2, -0.15) is 0 Å². The molecule has 0 saturated heterocycles. The van der Waals surface area contributed by atoms with Crippen LogP contribution in [0.5, 0.6) is 0 Å². The van der Waals surface area contributed by atoms with Crippen LogP contribution in [-0.4, -0.2) is 10.6 Å². The van der Waals surface area contributed by atoms with Gasteiger partial charge in [-0.1, -0.05) is 91.0 Å². The van der Waals surface area contributed by atoms with Gasteiger partial charge in [0.2, 0.25) is 0 Å². The standard InChI is InChI=1S/C26H22N2O2/c29-28(30)26(20-18-23(19-21-26)17-16-22-10-4-1-5-11-22)27(24-12-6-2-7-13-24)25-14-8-3-9-15-25/h1-20H,21H2. The largest absolute Gasteiger partial charge is 0.323 e. The highest BCUT2D eigenvalue weighted by Gasteiger charge is 2.47. The molecule has 1 unspecified atom stereocenters. The molecule has 4 nitrogen and oxygen atoms in total. The molecular weight excluding hydrogens is 372 g/mol. The molecule has 1 atom stereocenters. The van der Waals surface area contributed by atoms with Crippen LogP contribution in [0.4, 0.5) is 11.4 Å². The normalized spacial score (nSPS) is 18.2. The summed E-state index contributed by atoms with van der Waals surface area (Å²) >= 11 is 0. The van der Waals surface area contributed by atoms with E-state index in [1.165, 1.54) is 0 Å². The number of benzene rings is 3. The van der Waals surface area contributed by atoms with Gasteiger partial charge in [0.25, 0.3) is 0 Å². The van der Waals surface area contributed by atoms with E-state index in [9.17, 15) is 10.1 Å². The molecule has 3 aromatic carbocycles. The average Bonchev–Trinajstić information content (AvgIpc) is 2.81. The molecule has 30 heavy (non-hydrogen) atoms. The summed E-state index contributed by atoms with van der Waals surface area (Å²) in [7, 11) is 0. The Hall–Kier alpha value is -3.92. The van der Waals surface area contributed by atoms with Gasteiger partial charge in [-0.05, 0) is 35.4 Å². The number of hydrogen-bond acceptors (Lipinski definition) is 3. The lowest BCUT2D eigenvalue weighted by molar-refractivity contribution is -0.552. The van der Waals surface area contributed by atoms with Gasteiger partial charge in [0.05, 0.1) is 11.3 Å². The Morgan fingerprint density at radius 2 is 1.33 bits per heavy atom. The predicted octanol–water partition coefficient (Wildman–Crippen LogP) is 6.40. The molecule has 0 amide bonds. The second-order valence-electron chi connectivity index (χ2n) is 7.13. The SMILES string of the molecule is O=[N+]([O-])C1(N(c2ccccc2)c2ccccc2)C=CC(C=Cc2ccccc2)=CC1. The molecule has 148 valence electrons. The zero-order valence-electron chi connectivity index (χ0n) is 16.5. The van der Waals surface area contributed by atoms with Crippen LogP contribution in [-0.2, 0) is 0 Å². The van der Waals surface area contributed by atoms with Crippen LogP contribution >= 0.6 is 0 Å². The Balaban J connectivity index is 1.70. The lowest BCUT2D eigenvalue weighted by Gasteiger charge is -2.37. The van der Waals surface area contributed by atoms with Crippen molar-refractivity contribution in [2.45, 2.75) is 12.1 Å². The molecule has 0 fully saturated rings. The van der Waals surface area contributed by atoms with Crippen LogP contribution in [0.25, 0.3) is 6.08 Å². The van der Waals surface area contributed by atoms with Crippen LogP contribution in [0.1, 0.15) is 12.0 Å². The van der Waals surface area contributed by atoms with Crippen molar-refractivity contribution in [1.29, 1.82) is 0 Å². The van der Waals surface area contributed by atoms with Gasteiger partial charge in [-0.3, -0.25) is 15.0 Å². The highest BCUT2D eigenvalue weighted by molar-refractivity contribution is 5.67. The Kier molecular flexibility index (Phi) is 5.57. The first kappa shape index (κ1) is 19.4. The van der Waals surface area contributed by atoms with E-state index in [2.05, 4.69) is 0 Å². The molecular formula is C26H22N2O2. The Morgan fingerprint density at radius 1 is 0.800 bits per heavy atom. The molecule has 0 saturated carbocycles. The van der Waals surface area contributed by atoms with Crippen molar-refractivity contribution < 1.29 is 4.92 Å². The van der Waals surface area contributed by atoms with Crippen molar-refractivity contribution >= 4 is 17.5 Å². The van der Waals surface area contributed by atoms with Crippen LogP contribution < -0.4 is 4.90 Å². The first-order valence-corrected chi connectivity index (χ1v) is 9.86. The molecule has 1 aliphatic carbocycles. The van der Waals surface area contributed by atoms with Crippen LogP contribution in [0.15, 0.2) is 121 Å². The quantitative estimate of drug-likeness (QED) is 0.276. The van der Waals surface area contributed by atoms with Gasteiger partial charge in [-0.25, -0.2) is 0 Å². The van der Waals surface area contributed by atoms with Gasteiger partial charge in [0.1, 0.15) is 0 Å². The van der Waals surface area contributed by atoms with Crippen molar-refractivity contribution in [2.75, 3.05) is 4.90 Å². The highest BCUT2D eigenvalue weighted by Crippen LogP contribution is 2.39. The minimum atomic E-state index is -1.40. The number of rotatable bonds is 6. The van der Waals surface area contributed by atoms with Crippen LogP contribution in [0, 0.1) is 10.1 Å². The second-order valence-corrected chi connectivity index (χ2v) is 7.13. The van der Waals surface area contributed by atoms with Crippen LogP contribution in [0.3, 0.4) is 0 Å². The lowest BCUT2D eigenvalue weighted by atomic mass is 9.93. The van der Waals surface area contributed by atoms with Crippen molar-refractivity contribution in [3.8, 4) is 0 Å². The third-order valence-electron chi connectivity index (χ3n) is 5.18. The third kappa shape index (κ3) is 3.94. The van der Waals surface area contributed by atoms with E-state index in [-0.39, 0.29) is 11.3 Å². The van der Waals surface area contributed by atoms with Gasteiger partial charge < -0.3 is 0 Å². The fourth-order valence-electron chi connectivity index (χ4n) is 3.65. The molecule has 0 heterocycles. The molecule has 0 aliphatic heterocycles. The summed E-state index contributed by atoms with van der Waals surface area (Å²) in [5.41, 5.74) is 2.21. The van der Waals surface area contributed by atoms with Crippen molar-refractivity contribution in [3.05, 3.63) is 137 Å². The lowest BCUT2D eigenvalue weighted by Crippen LogP contribution is -2.51. The van der Waals surface area contributed by atoms with Gasteiger partial charge in [0, 0.05) is 17.5 Å². The van der Waals surface area contributed by atoms with E-state index in [1.54, 1.807) is 11.0 Å². The smallest absolute Gasteiger partial charge is 0.273 e. The third-order valence-corrected chi connectivity index (χ3v) is 5.18. The molecule has 0 radical (unpaired) electrons. The number of nitrogens with zero attached hydrogens (tertiary/aromatic N) is 2. The first-order valence-electron chi connectivity index (χ1n) is 9.86. The first-order chi connectivity index (χ1) is 14.7. The summed E-state index contributed by atoms with van der Waals surface area (Å²) in [5.74, 6) is 0. The topological polar surface area (TPSA) is 46.4 Å². The predicted molar refractivity (Wildman–Crippen MR) is 122 cm³/mol. The molecule has 0 bridgehead atoms. The Labute approximate surface area is 176 Å². The summed E-state index contributed by atoms with van der Waals surface area (Å²) in [6.07, 6.45) is 9.74.